The van der Waals surface area contributed by atoms with Crippen LogP contribution in [0.3, 0.4) is 0 Å². The Bertz CT molecular complexity index is 889. The second-order valence-electron chi connectivity index (χ2n) is 5.58. The maximum Gasteiger partial charge on any atom is 0.255 e. The minimum absolute atomic E-state index is 0.224. The predicted octanol–water partition coefficient (Wildman–Crippen LogP) is 4.20. The van der Waals surface area contributed by atoms with E-state index in [1.54, 1.807) is 55.6 Å². The average molecular weight is 346 g/mol. The van der Waals surface area contributed by atoms with E-state index in [1.807, 2.05) is 30.3 Å². The fourth-order valence-electron chi connectivity index (χ4n) is 2.38. The van der Waals surface area contributed by atoms with Crippen molar-refractivity contribution in [2.75, 3.05) is 17.7 Å². The zero-order valence-corrected chi connectivity index (χ0v) is 14.2. The number of amides is 2. The van der Waals surface area contributed by atoms with Gasteiger partial charge in [0, 0.05) is 22.5 Å². The summed E-state index contributed by atoms with van der Waals surface area (Å²) in [7, 11) is 1.59. The number of benzene rings is 3. The van der Waals surface area contributed by atoms with Crippen LogP contribution in [0.5, 0.6) is 5.75 Å². The topological polar surface area (TPSA) is 67.4 Å². The maximum absolute atomic E-state index is 12.3. The number of hydrogen-bond donors (Lipinski definition) is 2. The number of ether oxygens (including phenoxy) is 1. The summed E-state index contributed by atoms with van der Waals surface area (Å²) in [6.07, 6.45) is 0. The van der Waals surface area contributed by atoms with Gasteiger partial charge in [0.15, 0.2) is 0 Å². The average Bonchev–Trinajstić information content (AvgIpc) is 2.69. The van der Waals surface area contributed by atoms with Crippen molar-refractivity contribution in [1.29, 1.82) is 0 Å². The Morgan fingerprint density at radius 1 is 0.654 bits per heavy atom. The minimum atomic E-state index is -0.245. The number of anilines is 2. The fourth-order valence-corrected chi connectivity index (χ4v) is 2.38. The lowest BCUT2D eigenvalue weighted by molar-refractivity contribution is 0.101. The molecule has 0 atom stereocenters. The van der Waals surface area contributed by atoms with E-state index in [4.69, 9.17) is 4.74 Å². The number of carbonyl (C=O) groups is 2. The quantitative estimate of drug-likeness (QED) is 0.727. The first-order valence-corrected chi connectivity index (χ1v) is 8.07. The van der Waals surface area contributed by atoms with Gasteiger partial charge in [0.05, 0.1) is 7.11 Å². The lowest BCUT2D eigenvalue weighted by Gasteiger charge is -2.08. The van der Waals surface area contributed by atoms with E-state index in [1.165, 1.54) is 0 Å². The van der Waals surface area contributed by atoms with Crippen molar-refractivity contribution >= 4 is 23.2 Å². The second kappa shape index (κ2) is 7.98. The third-order valence-electron chi connectivity index (χ3n) is 3.79. The highest BCUT2D eigenvalue weighted by atomic mass is 16.5. The lowest BCUT2D eigenvalue weighted by Crippen LogP contribution is -2.14. The molecule has 3 aromatic rings. The summed E-state index contributed by atoms with van der Waals surface area (Å²) in [6.45, 7) is 0. The highest BCUT2D eigenvalue weighted by molar-refractivity contribution is 6.07. The molecule has 2 N–H and O–H groups in total. The first kappa shape index (κ1) is 17.2. The molecular formula is C21H18N2O3. The van der Waals surface area contributed by atoms with Crippen LogP contribution in [0.1, 0.15) is 20.7 Å². The lowest BCUT2D eigenvalue weighted by atomic mass is 10.1. The van der Waals surface area contributed by atoms with Crippen molar-refractivity contribution in [2.24, 2.45) is 0 Å². The SMILES string of the molecule is COc1ccc(NC(=O)c2ccc(C(=O)Nc3ccccc3)cc2)cc1. The molecule has 0 fully saturated rings. The smallest absolute Gasteiger partial charge is 0.255 e. The molecule has 5 nitrogen and oxygen atoms in total. The molecule has 0 saturated carbocycles. The molecule has 0 saturated heterocycles. The largest absolute Gasteiger partial charge is 0.497 e. The molecule has 0 spiro atoms. The standard InChI is InChI=1S/C21H18N2O3/c1-26-19-13-11-18(12-14-19)23-21(25)16-9-7-15(8-10-16)20(24)22-17-5-3-2-4-6-17/h2-14H,1H3,(H,22,24)(H,23,25). The maximum atomic E-state index is 12.3. The van der Waals surface area contributed by atoms with Crippen molar-refractivity contribution in [3.63, 3.8) is 0 Å². The van der Waals surface area contributed by atoms with E-state index in [0.717, 1.165) is 11.4 Å². The first-order chi connectivity index (χ1) is 12.7. The van der Waals surface area contributed by atoms with Crippen LogP contribution in [0.15, 0.2) is 78.9 Å². The van der Waals surface area contributed by atoms with E-state index < -0.39 is 0 Å². The van der Waals surface area contributed by atoms with Gasteiger partial charge in [0.25, 0.3) is 11.8 Å². The molecule has 3 rings (SSSR count). The summed E-state index contributed by atoms with van der Waals surface area (Å²) < 4.78 is 5.09. The number of para-hydroxylation sites is 1. The number of carbonyl (C=O) groups excluding carboxylic acids is 2. The van der Waals surface area contributed by atoms with Crippen LogP contribution >= 0.6 is 0 Å². The van der Waals surface area contributed by atoms with Gasteiger partial charge in [0.2, 0.25) is 0 Å². The summed E-state index contributed by atoms with van der Waals surface area (Å²) in [5, 5.41) is 5.61. The van der Waals surface area contributed by atoms with Crippen LogP contribution in [0.4, 0.5) is 11.4 Å². The zero-order chi connectivity index (χ0) is 18.4. The summed E-state index contributed by atoms with van der Waals surface area (Å²) in [5.74, 6) is 0.250. The van der Waals surface area contributed by atoms with Gasteiger partial charge < -0.3 is 15.4 Å². The van der Waals surface area contributed by atoms with Gasteiger partial charge in [-0.2, -0.15) is 0 Å². The van der Waals surface area contributed by atoms with Crippen LogP contribution in [-0.4, -0.2) is 18.9 Å². The normalized spacial score (nSPS) is 10.0. The summed E-state index contributed by atoms with van der Waals surface area (Å²) >= 11 is 0. The molecule has 0 bridgehead atoms. The van der Waals surface area contributed by atoms with E-state index in [-0.39, 0.29) is 11.8 Å². The Kier molecular flexibility index (Phi) is 5.29. The molecule has 0 unspecified atom stereocenters. The predicted molar refractivity (Wildman–Crippen MR) is 102 cm³/mol. The molecule has 5 heteroatoms. The van der Waals surface area contributed by atoms with Crippen molar-refractivity contribution < 1.29 is 14.3 Å². The number of nitrogens with one attached hydrogen (secondary N) is 2. The number of methoxy groups -OCH3 is 1. The van der Waals surface area contributed by atoms with Crippen molar-refractivity contribution in [2.45, 2.75) is 0 Å². The van der Waals surface area contributed by atoms with Crippen molar-refractivity contribution in [3.05, 3.63) is 90.0 Å². The van der Waals surface area contributed by atoms with E-state index in [9.17, 15) is 9.59 Å². The molecule has 26 heavy (non-hydrogen) atoms. The van der Waals surface area contributed by atoms with Crippen LogP contribution in [0.2, 0.25) is 0 Å². The van der Waals surface area contributed by atoms with Crippen LogP contribution < -0.4 is 15.4 Å². The Balaban J connectivity index is 1.64. The first-order valence-electron chi connectivity index (χ1n) is 8.07. The Hall–Kier alpha value is -3.60. The molecule has 0 aliphatic rings. The second-order valence-corrected chi connectivity index (χ2v) is 5.58. The number of rotatable bonds is 5. The summed E-state index contributed by atoms with van der Waals surface area (Å²) in [5.41, 5.74) is 2.34. The Labute approximate surface area is 151 Å². The summed E-state index contributed by atoms with van der Waals surface area (Å²) in [4.78, 5) is 24.5. The Morgan fingerprint density at radius 2 is 1.12 bits per heavy atom. The zero-order valence-electron chi connectivity index (χ0n) is 14.2. The van der Waals surface area contributed by atoms with E-state index >= 15 is 0 Å². The monoisotopic (exact) mass is 346 g/mol. The molecule has 0 heterocycles. The molecule has 130 valence electrons. The molecule has 0 aromatic heterocycles. The van der Waals surface area contributed by atoms with Crippen LogP contribution in [0, 0.1) is 0 Å². The van der Waals surface area contributed by atoms with E-state index in [2.05, 4.69) is 10.6 Å². The highest BCUT2D eigenvalue weighted by Crippen LogP contribution is 2.16. The minimum Gasteiger partial charge on any atom is -0.497 e. The molecule has 0 radical (unpaired) electrons. The molecule has 3 aromatic carbocycles. The molecule has 0 aliphatic carbocycles. The van der Waals surface area contributed by atoms with Crippen molar-refractivity contribution in [3.8, 4) is 5.75 Å². The summed E-state index contributed by atoms with van der Waals surface area (Å²) in [6, 6.07) is 22.8. The fraction of sp³-hybridized carbons (Fsp3) is 0.0476. The van der Waals surface area contributed by atoms with Crippen LogP contribution in [-0.2, 0) is 0 Å². The van der Waals surface area contributed by atoms with Gasteiger partial charge in [-0.1, -0.05) is 18.2 Å². The highest BCUT2D eigenvalue weighted by Gasteiger charge is 2.09. The van der Waals surface area contributed by atoms with Gasteiger partial charge in [0.1, 0.15) is 5.75 Å². The van der Waals surface area contributed by atoms with Crippen molar-refractivity contribution in [1.82, 2.24) is 0 Å². The van der Waals surface area contributed by atoms with Gasteiger partial charge in [-0.05, 0) is 60.7 Å². The van der Waals surface area contributed by atoms with Gasteiger partial charge >= 0.3 is 0 Å². The third-order valence-corrected chi connectivity index (χ3v) is 3.79. The van der Waals surface area contributed by atoms with Crippen LogP contribution in [0.25, 0.3) is 0 Å². The molecule has 0 aliphatic heterocycles. The number of hydrogen-bond acceptors (Lipinski definition) is 3. The van der Waals surface area contributed by atoms with Gasteiger partial charge in [-0.15, -0.1) is 0 Å². The van der Waals surface area contributed by atoms with E-state index in [0.29, 0.717) is 16.8 Å². The third kappa shape index (κ3) is 4.27. The Morgan fingerprint density at radius 3 is 1.58 bits per heavy atom. The molecular weight excluding hydrogens is 328 g/mol. The molecule has 2 amide bonds. The van der Waals surface area contributed by atoms with Gasteiger partial charge in [-0.25, -0.2) is 0 Å². The van der Waals surface area contributed by atoms with Gasteiger partial charge in [-0.3, -0.25) is 9.59 Å².